The first-order valence-corrected chi connectivity index (χ1v) is 41.2. The Labute approximate surface area is 695 Å². The molecule has 0 aromatic heterocycles. The third-order valence-corrected chi connectivity index (χ3v) is 24.6. The van der Waals surface area contributed by atoms with Gasteiger partial charge >= 0.3 is 0 Å². The normalized spacial score (nSPS) is 27.5. The highest BCUT2D eigenvalue weighted by Crippen LogP contribution is 2.58. The molecule has 1 saturated heterocycles. The summed E-state index contributed by atoms with van der Waals surface area (Å²) < 4.78 is 37.6. The highest BCUT2D eigenvalue weighted by Gasteiger charge is 2.51. The van der Waals surface area contributed by atoms with Crippen LogP contribution in [0, 0.1) is 47.3 Å². The molecule has 14 atom stereocenters. The van der Waals surface area contributed by atoms with E-state index in [-0.39, 0.29) is 127 Å². The maximum Gasteiger partial charge on any atom is 0.257 e. The molecule has 16 rings (SSSR count). The second-order valence-electron chi connectivity index (χ2n) is 32.7. The van der Waals surface area contributed by atoms with Crippen LogP contribution in [0.2, 0.25) is 10.0 Å². The Kier molecular flexibility index (Phi) is 27.2. The minimum atomic E-state index is -2.24. The molecule has 5 fully saturated rings. The number of unbranched alkanes of at least 4 members (excludes halogenated alkanes) is 1. The predicted octanol–water partition coefficient (Wildman–Crippen LogP) is 8.48. The number of phenolic OH excluding ortho intramolecular Hbond substituents is 3. The summed E-state index contributed by atoms with van der Waals surface area (Å²) in [5, 5.41) is 121. The number of aromatic hydroxyl groups is 3. The van der Waals surface area contributed by atoms with Crippen LogP contribution in [0.3, 0.4) is 0 Å². The Hall–Kier alpha value is -9.99. The van der Waals surface area contributed by atoms with Crippen LogP contribution >= 0.6 is 23.2 Å². The van der Waals surface area contributed by atoms with Crippen molar-refractivity contribution in [3.8, 4) is 68.6 Å². The first-order valence-electron chi connectivity index (χ1n) is 40.4. The molecular weight excluding hydrogens is 1580 g/mol. The number of ether oxygens (including phenoxy) is 6. The van der Waals surface area contributed by atoms with Crippen molar-refractivity contribution in [1.29, 1.82) is 0 Å². The van der Waals surface area contributed by atoms with E-state index in [4.69, 9.17) is 51.6 Å². The van der Waals surface area contributed by atoms with Crippen molar-refractivity contribution in [1.82, 2.24) is 31.9 Å². The molecule has 6 aromatic carbocycles. The summed E-state index contributed by atoms with van der Waals surface area (Å²) in [6.45, 7) is 7.38. The second-order valence-corrected chi connectivity index (χ2v) is 33.5. The molecule has 15 N–H and O–H groups in total. The topological polar surface area (TPSA) is 463 Å². The highest BCUT2D eigenvalue weighted by atomic mass is 35.5. The zero-order valence-electron chi connectivity index (χ0n) is 66.2. The Morgan fingerprint density at radius 1 is 0.639 bits per heavy atom. The fraction of sp³-hybridized carbons (Fsp3) is 0.483. The summed E-state index contributed by atoms with van der Waals surface area (Å²) in [4.78, 5) is 140. The number of rotatable bonds is 22. The Bertz CT molecular complexity index is 4840. The van der Waals surface area contributed by atoms with E-state index < -0.39 is 198 Å². The molecule has 636 valence electrons. The van der Waals surface area contributed by atoms with E-state index in [1.54, 1.807) is 14.0 Å². The fourth-order valence-corrected chi connectivity index (χ4v) is 18.4. The van der Waals surface area contributed by atoms with E-state index >= 15 is 28.8 Å². The first-order chi connectivity index (χ1) is 56.9. The number of nitrogens with one attached hydrogen (secondary N) is 6. The van der Waals surface area contributed by atoms with Gasteiger partial charge in [-0.15, -0.1) is 0 Å². The largest absolute Gasteiger partial charge is 0.508 e. The number of aliphatic hydroxyl groups is 6. The summed E-state index contributed by atoms with van der Waals surface area (Å²) in [7, 11) is 1.73. The Balaban J connectivity index is 0.992. The molecule has 6 aromatic rings. The van der Waals surface area contributed by atoms with Crippen LogP contribution in [-0.4, -0.2) is 175 Å². The van der Waals surface area contributed by atoms with Gasteiger partial charge in [0.05, 0.1) is 35.1 Å². The molecule has 0 radical (unpaired) electrons. The molecule has 4 aliphatic carbocycles. The number of phenols is 3. The molecule has 6 aliphatic heterocycles. The molecule has 119 heavy (non-hydrogen) atoms. The summed E-state index contributed by atoms with van der Waals surface area (Å²) in [6, 6.07) is 11.2. The van der Waals surface area contributed by atoms with Gasteiger partial charge < -0.3 is 101 Å². The van der Waals surface area contributed by atoms with Crippen molar-refractivity contribution < 1.29 is 118 Å². The number of hydrogen-bond donors (Lipinski definition) is 15. The van der Waals surface area contributed by atoms with Gasteiger partial charge in [0.15, 0.2) is 40.3 Å². The third kappa shape index (κ3) is 19.1. The van der Waals surface area contributed by atoms with Gasteiger partial charge in [0.2, 0.25) is 41.6 Å². The molecule has 15 bridgehead atoms. The molecule has 30 nitrogen and oxygen atoms in total. The molecule has 10 aliphatic rings. The first kappa shape index (κ1) is 86.8. The second kappa shape index (κ2) is 37.3. The summed E-state index contributed by atoms with van der Waals surface area (Å²) in [5.41, 5.74) is -1.74. The van der Waals surface area contributed by atoms with Crippen LogP contribution in [0.15, 0.2) is 97.1 Å². The zero-order valence-corrected chi connectivity index (χ0v) is 67.7. The lowest BCUT2D eigenvalue weighted by atomic mass is 9.51. The smallest absolute Gasteiger partial charge is 0.257 e. The summed E-state index contributed by atoms with van der Waals surface area (Å²) >= 11 is 14.4. The van der Waals surface area contributed by atoms with Crippen molar-refractivity contribution in [2.75, 3.05) is 33.4 Å². The molecular formula is C87H100Cl2N6O24. The summed E-state index contributed by atoms with van der Waals surface area (Å²) in [6.07, 6.45) is -10.6. The molecule has 4 saturated carbocycles. The van der Waals surface area contributed by atoms with Crippen molar-refractivity contribution in [2.45, 2.75) is 184 Å². The number of benzene rings is 6. The molecule has 32 heteroatoms. The van der Waals surface area contributed by atoms with Gasteiger partial charge in [0.25, 0.3) is 5.91 Å². The lowest BCUT2D eigenvalue weighted by molar-refractivity contribution is -0.277. The van der Waals surface area contributed by atoms with Crippen LogP contribution in [0.5, 0.6) is 57.5 Å². The number of halogens is 2. The van der Waals surface area contributed by atoms with Crippen LogP contribution in [0.4, 0.5) is 0 Å². The lowest BCUT2D eigenvalue weighted by Crippen LogP contribution is -2.60. The highest BCUT2D eigenvalue weighted by molar-refractivity contribution is 6.32. The maximum absolute atomic E-state index is 16.6. The van der Waals surface area contributed by atoms with Gasteiger partial charge in [-0.05, 0) is 195 Å². The fourth-order valence-electron chi connectivity index (χ4n) is 18.0. The molecule has 0 unspecified atom stereocenters. The zero-order chi connectivity index (χ0) is 85.1. The number of hydrogen-bond acceptors (Lipinski definition) is 25. The monoisotopic (exact) mass is 1680 g/mol. The van der Waals surface area contributed by atoms with Crippen LogP contribution in [-0.2, 0) is 43.1 Å². The lowest BCUT2D eigenvalue weighted by Gasteiger charge is -2.54. The van der Waals surface area contributed by atoms with Gasteiger partial charge in [0, 0.05) is 60.9 Å². The average Bonchev–Trinajstić information content (AvgIpc) is 0.759. The Morgan fingerprint density at radius 2 is 1.29 bits per heavy atom. The number of carbonyl (C=O) groups excluding carboxylic acids is 9. The number of amides is 6. The molecule has 6 heterocycles. The van der Waals surface area contributed by atoms with E-state index in [1.165, 1.54) is 60.7 Å². The van der Waals surface area contributed by atoms with Gasteiger partial charge in [-0.2, -0.15) is 0 Å². The SMILES string of the molecule is CCCCOc1cc(C(=O)NC(=O)C[C@@H]2CC(=O)[C@H](NC(=O)[C@H](CC)CC(C)C)[C@H](O)c3ccc(c(Cl)c3)Oc3cc4cc(c3O[C@@H]3O[C@H](CO)[C@@H](O)[C@H](O)[C@H]3O)Oc3ccc(cc3Cl)[C@@H](O)[C@@H]3NC(=O)[C@H](CC(=O)[C@@H]4NC2=O)c2ccc(O)c(c2)-c2c(O)cc(O)cc2[C@@H](C(=O)CC2C4CC5CC(C4)CC2C5)NC3=O)ccc1OCCNC. The van der Waals surface area contributed by atoms with Crippen molar-refractivity contribution >= 4 is 76.0 Å². The Morgan fingerprint density at radius 3 is 1.92 bits per heavy atom. The van der Waals surface area contributed by atoms with Crippen molar-refractivity contribution in [3.05, 3.63) is 140 Å². The van der Waals surface area contributed by atoms with Crippen molar-refractivity contribution in [2.24, 2.45) is 47.3 Å². The number of aliphatic hydroxyl groups excluding tert-OH is 6. The van der Waals surface area contributed by atoms with Crippen molar-refractivity contribution in [3.63, 3.8) is 0 Å². The average molecular weight is 1680 g/mol. The number of carbonyl (C=O) groups is 9. The molecule has 0 spiro atoms. The van der Waals surface area contributed by atoms with E-state index in [0.717, 1.165) is 74.9 Å². The van der Waals surface area contributed by atoms with Gasteiger partial charge in [-0.1, -0.05) is 75.5 Å². The van der Waals surface area contributed by atoms with Gasteiger partial charge in [0.1, 0.15) is 96.1 Å². The van der Waals surface area contributed by atoms with Crippen LogP contribution < -0.4 is 55.6 Å². The minimum absolute atomic E-state index is 0.0471. The van der Waals surface area contributed by atoms with E-state index in [1.807, 2.05) is 20.8 Å². The van der Waals surface area contributed by atoms with Crippen LogP contribution in [0.25, 0.3) is 11.1 Å². The van der Waals surface area contributed by atoms with Gasteiger partial charge in [-0.25, -0.2) is 0 Å². The minimum Gasteiger partial charge on any atom is -0.508 e. The summed E-state index contributed by atoms with van der Waals surface area (Å²) in [5.74, 6) is -16.7. The van der Waals surface area contributed by atoms with Gasteiger partial charge in [-0.3, -0.25) is 48.5 Å². The number of fused-ring (bicyclic) bond motifs is 15. The number of imide groups is 1. The maximum atomic E-state index is 16.6. The number of ketones is 3. The third-order valence-electron chi connectivity index (χ3n) is 24.0. The van der Waals surface area contributed by atoms with Crippen LogP contribution in [0.1, 0.15) is 180 Å². The number of likely N-dealkylation sites (N-methyl/N-ethyl adjacent to an activating group) is 1. The predicted molar refractivity (Wildman–Crippen MR) is 429 cm³/mol. The molecule has 6 amide bonds. The van der Waals surface area contributed by atoms with E-state index in [9.17, 15) is 60.3 Å². The van der Waals surface area contributed by atoms with E-state index in [0.29, 0.717) is 31.2 Å². The quantitative estimate of drug-likeness (QED) is 0.0283. The number of Topliss-reactive ketones (excluding diaryl/α,β-unsaturated/α-hetero) is 3. The standard InChI is InChI=1S/C87H100Cl2N6O24/c1-6-8-18-114-66-30-46(12-16-65(66)115-19-17-90-5)83(110)91-70(103)33-50-29-60(100)74(94-82(109)42(7-2)20-39(3)4)76(104)44-10-14-63(56(88)27-44)116-67-31-49-32-68(81(67)119-87-80(108)79(107)78(106)69(38-96)118-87)117-64-15-11-45(28-57(64)89)77(105)75-86(113)93-73(62(102)36-52-47-22-40-21-41(24-47)25-48(52)23-40)55-34-51(97)35-59(99)71(55)54-26-43(9-13-58(54)98)53(85(112)95-75)37-61(101)72(49)92-84(50)111/h9-16,26-28,30-32,34-35,39-42,47-48,50,52-53,69,72-80,87,90,96-99,104-108H,6-8,17-25,29,33,36-38H2,1-5H3,(H,92,111)(H,93,113)(H,94,109)(H,95,112)(H,91,103,110)/t40?,41?,42-,47?,48?,50+,52?,53-,69-,72-,73+,74+,75+,76-,77-,78-,79+,80-,87+/m1/s1. The van der Waals surface area contributed by atoms with E-state index in [2.05, 4.69) is 31.9 Å².